The lowest BCUT2D eigenvalue weighted by Crippen LogP contribution is -2.08. The molecule has 0 heterocycles. The molecule has 1 atom stereocenters. The molecular formula is C16H19N. The fourth-order valence-corrected chi connectivity index (χ4v) is 2.01. The molecule has 0 saturated carbocycles. The van der Waals surface area contributed by atoms with Gasteiger partial charge in [0.2, 0.25) is 0 Å². The van der Waals surface area contributed by atoms with Crippen LogP contribution in [0.25, 0.3) is 11.1 Å². The summed E-state index contributed by atoms with van der Waals surface area (Å²) < 4.78 is 0. The maximum Gasteiger partial charge on any atom is -0.00109 e. The van der Waals surface area contributed by atoms with E-state index in [-0.39, 0.29) is 0 Å². The van der Waals surface area contributed by atoms with Crippen LogP contribution in [0, 0.1) is 6.92 Å². The zero-order valence-electron chi connectivity index (χ0n) is 10.5. The van der Waals surface area contributed by atoms with Crippen LogP contribution in [0.4, 0.5) is 0 Å². The Morgan fingerprint density at radius 1 is 1.06 bits per heavy atom. The van der Waals surface area contributed by atoms with Crippen LogP contribution in [0.5, 0.6) is 0 Å². The first kappa shape index (κ1) is 11.9. The van der Waals surface area contributed by atoms with Gasteiger partial charge in [-0.25, -0.2) is 0 Å². The predicted molar refractivity (Wildman–Crippen MR) is 74.1 cm³/mol. The van der Waals surface area contributed by atoms with Gasteiger partial charge in [-0.15, -0.1) is 0 Å². The Morgan fingerprint density at radius 3 is 2.41 bits per heavy atom. The second kappa shape index (κ2) is 5.15. The third-order valence-corrected chi connectivity index (χ3v) is 3.27. The summed E-state index contributed by atoms with van der Waals surface area (Å²) in [6.45, 7) is 5.01. The Kier molecular flexibility index (Phi) is 3.60. The largest absolute Gasteiger partial charge is 0.330 e. The molecule has 1 nitrogen and oxygen atoms in total. The first-order valence-corrected chi connectivity index (χ1v) is 6.08. The Balaban J connectivity index is 2.47. The molecule has 1 heteroatoms. The highest BCUT2D eigenvalue weighted by molar-refractivity contribution is 5.68. The Labute approximate surface area is 103 Å². The van der Waals surface area contributed by atoms with Crippen LogP contribution in [-0.4, -0.2) is 6.54 Å². The Bertz CT molecular complexity index is 488. The zero-order chi connectivity index (χ0) is 12.3. The van der Waals surface area contributed by atoms with E-state index < -0.39 is 0 Å². The molecule has 0 amide bonds. The minimum absolute atomic E-state index is 0.415. The van der Waals surface area contributed by atoms with Crippen molar-refractivity contribution in [3.05, 3.63) is 59.7 Å². The van der Waals surface area contributed by atoms with Crippen LogP contribution in [0.1, 0.15) is 24.0 Å². The SMILES string of the molecule is Cc1ccc(C(C)CN)cc1-c1ccccc1. The maximum absolute atomic E-state index is 5.73. The molecule has 2 N–H and O–H groups in total. The average molecular weight is 225 g/mol. The molecule has 88 valence electrons. The highest BCUT2D eigenvalue weighted by Crippen LogP contribution is 2.27. The molecule has 0 fully saturated rings. The van der Waals surface area contributed by atoms with E-state index in [1.165, 1.54) is 22.3 Å². The van der Waals surface area contributed by atoms with E-state index in [0.29, 0.717) is 12.5 Å². The summed E-state index contributed by atoms with van der Waals surface area (Å²) in [7, 11) is 0. The van der Waals surface area contributed by atoms with E-state index in [1.807, 2.05) is 6.07 Å². The van der Waals surface area contributed by atoms with Crippen LogP contribution in [0.3, 0.4) is 0 Å². The van der Waals surface area contributed by atoms with Gasteiger partial charge in [0, 0.05) is 0 Å². The van der Waals surface area contributed by atoms with E-state index in [1.54, 1.807) is 0 Å². The number of benzene rings is 2. The van der Waals surface area contributed by atoms with Crippen molar-refractivity contribution >= 4 is 0 Å². The van der Waals surface area contributed by atoms with Crippen molar-refractivity contribution in [2.24, 2.45) is 5.73 Å². The van der Waals surface area contributed by atoms with E-state index >= 15 is 0 Å². The van der Waals surface area contributed by atoms with E-state index in [4.69, 9.17) is 5.73 Å². The van der Waals surface area contributed by atoms with Crippen molar-refractivity contribution < 1.29 is 0 Å². The van der Waals surface area contributed by atoms with Crippen LogP contribution in [0.15, 0.2) is 48.5 Å². The normalized spacial score (nSPS) is 12.4. The van der Waals surface area contributed by atoms with Gasteiger partial charge < -0.3 is 5.73 Å². The monoisotopic (exact) mass is 225 g/mol. The van der Waals surface area contributed by atoms with Gasteiger partial charge in [0.15, 0.2) is 0 Å². The number of aryl methyl sites for hydroxylation is 1. The third-order valence-electron chi connectivity index (χ3n) is 3.27. The summed E-state index contributed by atoms with van der Waals surface area (Å²) in [5.41, 5.74) is 10.9. The molecule has 0 aliphatic carbocycles. The van der Waals surface area contributed by atoms with Gasteiger partial charge in [0.1, 0.15) is 0 Å². The Morgan fingerprint density at radius 2 is 1.76 bits per heavy atom. The van der Waals surface area contributed by atoms with Gasteiger partial charge in [0.25, 0.3) is 0 Å². The second-order valence-corrected chi connectivity index (χ2v) is 4.58. The van der Waals surface area contributed by atoms with Crippen LogP contribution < -0.4 is 5.73 Å². The van der Waals surface area contributed by atoms with Crippen LogP contribution in [0.2, 0.25) is 0 Å². The average Bonchev–Trinajstić information content (AvgIpc) is 2.39. The highest BCUT2D eigenvalue weighted by atomic mass is 14.5. The minimum Gasteiger partial charge on any atom is -0.330 e. The molecule has 17 heavy (non-hydrogen) atoms. The third kappa shape index (κ3) is 2.56. The number of hydrogen-bond acceptors (Lipinski definition) is 1. The topological polar surface area (TPSA) is 26.0 Å². The minimum atomic E-state index is 0.415. The summed E-state index contributed by atoms with van der Waals surface area (Å²) in [5, 5.41) is 0. The Hall–Kier alpha value is -1.60. The van der Waals surface area contributed by atoms with Gasteiger partial charge in [0.05, 0.1) is 0 Å². The van der Waals surface area contributed by atoms with Crippen molar-refractivity contribution in [1.82, 2.24) is 0 Å². The van der Waals surface area contributed by atoms with E-state index in [9.17, 15) is 0 Å². The lowest BCUT2D eigenvalue weighted by molar-refractivity contribution is 0.774. The van der Waals surface area contributed by atoms with Crippen molar-refractivity contribution in [3.63, 3.8) is 0 Å². The van der Waals surface area contributed by atoms with Gasteiger partial charge in [-0.2, -0.15) is 0 Å². The molecule has 0 aromatic heterocycles. The molecule has 0 radical (unpaired) electrons. The zero-order valence-corrected chi connectivity index (χ0v) is 10.5. The first-order valence-electron chi connectivity index (χ1n) is 6.08. The fraction of sp³-hybridized carbons (Fsp3) is 0.250. The lowest BCUT2D eigenvalue weighted by Gasteiger charge is -2.13. The fourth-order valence-electron chi connectivity index (χ4n) is 2.01. The predicted octanol–water partition coefficient (Wildman–Crippen LogP) is 3.72. The molecule has 2 rings (SSSR count). The smallest absolute Gasteiger partial charge is 0.00109 e. The van der Waals surface area contributed by atoms with Gasteiger partial charge in [-0.3, -0.25) is 0 Å². The molecule has 0 spiro atoms. The molecule has 0 aliphatic rings. The maximum atomic E-state index is 5.73. The summed E-state index contributed by atoms with van der Waals surface area (Å²) >= 11 is 0. The van der Waals surface area contributed by atoms with Crippen LogP contribution in [-0.2, 0) is 0 Å². The number of rotatable bonds is 3. The summed E-state index contributed by atoms with van der Waals surface area (Å²) in [5.74, 6) is 0.415. The first-order chi connectivity index (χ1) is 8.22. The van der Waals surface area contributed by atoms with Gasteiger partial charge in [-0.05, 0) is 41.6 Å². The summed E-state index contributed by atoms with van der Waals surface area (Å²) in [6.07, 6.45) is 0. The molecular weight excluding hydrogens is 206 g/mol. The summed E-state index contributed by atoms with van der Waals surface area (Å²) in [6, 6.07) is 17.1. The summed E-state index contributed by atoms with van der Waals surface area (Å²) in [4.78, 5) is 0. The molecule has 2 aromatic rings. The molecule has 0 aliphatic heterocycles. The van der Waals surface area contributed by atoms with Crippen molar-refractivity contribution in [2.75, 3.05) is 6.54 Å². The van der Waals surface area contributed by atoms with Crippen molar-refractivity contribution in [2.45, 2.75) is 19.8 Å². The molecule has 0 bridgehead atoms. The van der Waals surface area contributed by atoms with Crippen LogP contribution >= 0.6 is 0 Å². The number of nitrogens with two attached hydrogens (primary N) is 1. The molecule has 0 saturated heterocycles. The molecule has 1 unspecified atom stereocenters. The second-order valence-electron chi connectivity index (χ2n) is 4.58. The quantitative estimate of drug-likeness (QED) is 0.846. The highest BCUT2D eigenvalue weighted by Gasteiger charge is 2.07. The van der Waals surface area contributed by atoms with Crippen molar-refractivity contribution in [1.29, 1.82) is 0 Å². The van der Waals surface area contributed by atoms with Crippen molar-refractivity contribution in [3.8, 4) is 11.1 Å². The standard InChI is InChI=1S/C16H19N/c1-12-8-9-15(13(2)11-17)10-16(12)14-6-4-3-5-7-14/h3-10,13H,11,17H2,1-2H3. The van der Waals surface area contributed by atoms with E-state index in [0.717, 1.165) is 0 Å². The van der Waals surface area contributed by atoms with Gasteiger partial charge >= 0.3 is 0 Å². The van der Waals surface area contributed by atoms with E-state index in [2.05, 4.69) is 56.3 Å². The van der Waals surface area contributed by atoms with Gasteiger partial charge in [-0.1, -0.05) is 55.5 Å². The molecule has 2 aromatic carbocycles. The lowest BCUT2D eigenvalue weighted by atomic mass is 9.93. The number of hydrogen-bond donors (Lipinski definition) is 1.